The van der Waals surface area contributed by atoms with Crippen molar-refractivity contribution in [1.82, 2.24) is 5.32 Å². The Balaban J connectivity index is 2.30. The molecule has 0 saturated carbocycles. The molecule has 2 atom stereocenters. The van der Waals surface area contributed by atoms with E-state index in [1.54, 1.807) is 44.2 Å². The van der Waals surface area contributed by atoms with E-state index in [1.165, 1.54) is 25.1 Å². The second-order valence-corrected chi connectivity index (χ2v) is 8.01. The Hall–Kier alpha value is -3.88. The van der Waals surface area contributed by atoms with Gasteiger partial charge in [0.1, 0.15) is 5.92 Å². The molecule has 0 fully saturated rings. The lowest BCUT2D eigenvalue weighted by molar-refractivity contribution is -0.149. The number of carbonyl (C=O) groups is 3. The highest BCUT2D eigenvalue weighted by Gasteiger charge is 2.47. The molecule has 36 heavy (non-hydrogen) atoms. The van der Waals surface area contributed by atoms with E-state index in [2.05, 4.69) is 5.32 Å². The van der Waals surface area contributed by atoms with Crippen molar-refractivity contribution in [2.75, 3.05) is 13.2 Å². The number of hydrogen-bond acceptors (Lipinski definition) is 6. The van der Waals surface area contributed by atoms with Gasteiger partial charge in [0.25, 0.3) is 0 Å². The third kappa shape index (κ3) is 5.67. The highest BCUT2D eigenvalue weighted by molar-refractivity contribution is 6.05. The zero-order valence-electron chi connectivity index (χ0n) is 20.0. The van der Waals surface area contributed by atoms with Crippen LogP contribution in [0, 0.1) is 5.92 Å². The normalized spacial score (nSPS) is 19.0. The molecule has 0 unspecified atom stereocenters. The molecule has 0 bridgehead atoms. The summed E-state index contributed by atoms with van der Waals surface area (Å²) in [6.07, 6.45) is -3.61. The van der Waals surface area contributed by atoms with Gasteiger partial charge in [0.05, 0.1) is 24.4 Å². The summed E-state index contributed by atoms with van der Waals surface area (Å²) in [5, 5.41) is 2.89. The first-order valence-corrected chi connectivity index (χ1v) is 11.4. The number of carbonyl (C=O) groups excluding carboxylic acids is 3. The molecule has 0 aliphatic carbocycles. The van der Waals surface area contributed by atoms with E-state index >= 15 is 0 Å². The lowest BCUT2D eigenvalue weighted by Crippen LogP contribution is -2.41. The van der Waals surface area contributed by atoms with Crippen LogP contribution >= 0.6 is 0 Å². The first-order chi connectivity index (χ1) is 17.1. The fraction of sp³-hybridized carbons (Fsp3) is 0.296. The molecule has 0 saturated heterocycles. The van der Waals surface area contributed by atoms with Crippen LogP contribution in [0.1, 0.15) is 48.2 Å². The summed E-state index contributed by atoms with van der Waals surface area (Å²) >= 11 is 0. The number of hydrogen-bond donors (Lipinski definition) is 1. The average molecular weight is 502 g/mol. The van der Waals surface area contributed by atoms with E-state index in [9.17, 15) is 27.6 Å². The minimum Gasteiger partial charge on any atom is -0.465 e. The number of ether oxygens (including phenoxy) is 2. The van der Waals surface area contributed by atoms with Crippen molar-refractivity contribution < 1.29 is 37.0 Å². The van der Waals surface area contributed by atoms with Crippen LogP contribution in [0.5, 0.6) is 0 Å². The van der Waals surface area contributed by atoms with E-state index in [-0.39, 0.29) is 35.7 Å². The fourth-order valence-corrected chi connectivity index (χ4v) is 4.24. The summed E-state index contributed by atoms with van der Waals surface area (Å²) in [7, 11) is 0. The molecule has 0 spiro atoms. The molecule has 6 nitrogen and oxygen atoms in total. The number of alkyl halides is 3. The molecule has 2 aromatic carbocycles. The van der Waals surface area contributed by atoms with Crippen molar-refractivity contribution in [3.63, 3.8) is 0 Å². The Labute approximate surface area is 206 Å². The van der Waals surface area contributed by atoms with Crippen LogP contribution in [0.25, 0.3) is 0 Å². The molecule has 9 heteroatoms. The van der Waals surface area contributed by atoms with E-state index in [0.717, 1.165) is 12.1 Å². The molecule has 3 rings (SSSR count). The van der Waals surface area contributed by atoms with Gasteiger partial charge >= 0.3 is 18.1 Å². The third-order valence-corrected chi connectivity index (χ3v) is 5.70. The highest BCUT2D eigenvalue weighted by atomic mass is 19.4. The van der Waals surface area contributed by atoms with Crippen molar-refractivity contribution in [3.8, 4) is 0 Å². The Kier molecular flexibility index (Phi) is 8.34. The molecule has 0 amide bonds. The van der Waals surface area contributed by atoms with Gasteiger partial charge in [0.2, 0.25) is 0 Å². The Morgan fingerprint density at radius 2 is 1.56 bits per heavy atom. The maximum Gasteiger partial charge on any atom is 0.416 e. The van der Waals surface area contributed by atoms with Crippen LogP contribution < -0.4 is 5.32 Å². The van der Waals surface area contributed by atoms with Crippen LogP contribution in [0.2, 0.25) is 0 Å². The second kappa shape index (κ2) is 11.2. The third-order valence-electron chi connectivity index (χ3n) is 5.70. The fourth-order valence-electron chi connectivity index (χ4n) is 4.24. The van der Waals surface area contributed by atoms with Crippen LogP contribution in [0.4, 0.5) is 13.2 Å². The minimum absolute atomic E-state index is 0.0230. The Morgan fingerprint density at radius 1 is 0.944 bits per heavy atom. The van der Waals surface area contributed by atoms with Crippen LogP contribution in [0.15, 0.2) is 77.6 Å². The van der Waals surface area contributed by atoms with Crippen molar-refractivity contribution >= 4 is 17.7 Å². The van der Waals surface area contributed by atoms with Gasteiger partial charge in [0.15, 0.2) is 5.78 Å². The summed E-state index contributed by atoms with van der Waals surface area (Å²) in [6, 6.07) is 12.9. The smallest absolute Gasteiger partial charge is 0.416 e. The number of ketones is 1. The van der Waals surface area contributed by atoms with E-state index in [4.69, 9.17) is 9.47 Å². The number of rotatable bonds is 7. The summed E-state index contributed by atoms with van der Waals surface area (Å²) in [4.78, 5) is 39.2. The molecule has 2 aromatic rings. The quantitative estimate of drug-likeness (QED) is 0.320. The number of benzene rings is 2. The summed E-state index contributed by atoms with van der Waals surface area (Å²) in [6.45, 7) is 4.52. The van der Waals surface area contributed by atoms with Gasteiger partial charge in [0, 0.05) is 29.0 Å². The van der Waals surface area contributed by atoms with Crippen LogP contribution in [0.3, 0.4) is 0 Å². The summed E-state index contributed by atoms with van der Waals surface area (Å²) in [5.74, 6) is -5.08. The van der Waals surface area contributed by atoms with Gasteiger partial charge in [-0.3, -0.25) is 9.59 Å². The average Bonchev–Trinajstić information content (AvgIpc) is 2.83. The monoisotopic (exact) mass is 501 g/mol. The predicted octanol–water partition coefficient (Wildman–Crippen LogP) is 5.18. The number of halogens is 3. The molecule has 1 heterocycles. The first kappa shape index (κ1) is 26.7. The zero-order chi connectivity index (χ0) is 26.5. The standard InChI is InChI=1S/C27H26F3NO5/c1-4-35-25(33)22-16(3)31-20(15-21(32)17-11-7-6-8-12-17)24(26(34)36-5-2)23(22)18-13-9-10-14-19(18)27(28,29)30/h6-15,23-24,31H,4-5H2,1-3H3/b20-15-/t23-,24-/m1/s1. The molecule has 190 valence electrons. The molecule has 1 N–H and O–H groups in total. The van der Waals surface area contributed by atoms with Gasteiger partial charge in [-0.15, -0.1) is 0 Å². The van der Waals surface area contributed by atoms with Gasteiger partial charge < -0.3 is 14.8 Å². The molecule has 1 aliphatic heterocycles. The largest absolute Gasteiger partial charge is 0.465 e. The molecule has 0 aromatic heterocycles. The van der Waals surface area contributed by atoms with Gasteiger partial charge in [-0.05, 0) is 32.4 Å². The first-order valence-electron chi connectivity index (χ1n) is 11.4. The van der Waals surface area contributed by atoms with Gasteiger partial charge in [-0.25, -0.2) is 4.79 Å². The van der Waals surface area contributed by atoms with E-state index in [1.807, 2.05) is 0 Å². The van der Waals surface area contributed by atoms with Crippen molar-refractivity contribution in [2.24, 2.45) is 5.92 Å². The zero-order valence-corrected chi connectivity index (χ0v) is 20.0. The lowest BCUT2D eigenvalue weighted by Gasteiger charge is -2.36. The Bertz CT molecular complexity index is 1200. The number of nitrogens with one attached hydrogen (secondary N) is 1. The molecular formula is C27H26F3NO5. The maximum absolute atomic E-state index is 14.0. The van der Waals surface area contributed by atoms with Crippen LogP contribution in [-0.4, -0.2) is 30.9 Å². The maximum atomic E-state index is 14.0. The van der Waals surface area contributed by atoms with E-state index < -0.39 is 41.3 Å². The van der Waals surface area contributed by atoms with Gasteiger partial charge in [-0.2, -0.15) is 13.2 Å². The predicted molar refractivity (Wildman–Crippen MR) is 126 cm³/mol. The number of esters is 2. The molecule has 1 aliphatic rings. The van der Waals surface area contributed by atoms with Crippen LogP contribution in [-0.2, 0) is 25.2 Å². The van der Waals surface area contributed by atoms with E-state index in [0.29, 0.717) is 5.56 Å². The Morgan fingerprint density at radius 3 is 2.17 bits per heavy atom. The minimum atomic E-state index is -4.77. The second-order valence-electron chi connectivity index (χ2n) is 8.01. The van der Waals surface area contributed by atoms with Crippen molar-refractivity contribution in [3.05, 3.63) is 94.3 Å². The van der Waals surface area contributed by atoms with Crippen molar-refractivity contribution in [2.45, 2.75) is 32.9 Å². The lowest BCUT2D eigenvalue weighted by atomic mass is 9.73. The molecule has 0 radical (unpaired) electrons. The number of allylic oxidation sites excluding steroid dienone is 2. The molecular weight excluding hydrogens is 475 g/mol. The highest BCUT2D eigenvalue weighted by Crippen LogP contribution is 2.46. The van der Waals surface area contributed by atoms with Gasteiger partial charge in [-0.1, -0.05) is 48.5 Å². The summed E-state index contributed by atoms with van der Waals surface area (Å²) in [5.41, 5.74) is -0.937. The summed E-state index contributed by atoms with van der Waals surface area (Å²) < 4.78 is 52.5. The van der Waals surface area contributed by atoms with Crippen molar-refractivity contribution in [1.29, 1.82) is 0 Å². The topological polar surface area (TPSA) is 81.7 Å². The SMILES string of the molecule is CCOC(=O)C1=C(C)N/C(=C\C(=O)c2ccccc2)[C@@H](C(=O)OCC)[C@@H]1c1ccccc1C(F)(F)F.